The molecule has 224 valence electrons. The molecule has 6 rings (SSSR count). The molecule has 3 aromatic carbocycles. The molecule has 1 amide bonds. The second kappa shape index (κ2) is 11.9. The second-order valence-corrected chi connectivity index (χ2v) is 12.2. The van der Waals surface area contributed by atoms with Crippen molar-refractivity contribution >= 4 is 46.1 Å². The van der Waals surface area contributed by atoms with Crippen LogP contribution in [0.5, 0.6) is 5.75 Å². The second-order valence-electron chi connectivity index (χ2n) is 10.8. The van der Waals surface area contributed by atoms with Gasteiger partial charge in [-0.15, -0.1) is 0 Å². The Bertz CT molecular complexity index is 1990. The van der Waals surface area contributed by atoms with Crippen LogP contribution in [-0.4, -0.2) is 29.2 Å². The first-order valence-corrected chi connectivity index (χ1v) is 15.5. The van der Waals surface area contributed by atoms with E-state index in [1.54, 1.807) is 37.8 Å². The zero-order chi connectivity index (χ0) is 31.1. The van der Waals surface area contributed by atoms with Gasteiger partial charge in [0.05, 0.1) is 47.8 Å². The van der Waals surface area contributed by atoms with Crippen molar-refractivity contribution in [1.82, 2.24) is 4.57 Å². The molecule has 0 N–H and O–H groups in total. The number of rotatable bonds is 7. The summed E-state index contributed by atoms with van der Waals surface area (Å²) in [6.07, 6.45) is -0.366. The number of allylic oxidation sites excluding steroid dienone is 1. The van der Waals surface area contributed by atoms with Crippen LogP contribution >= 0.6 is 22.9 Å². The van der Waals surface area contributed by atoms with Crippen LogP contribution in [0, 0.1) is 0 Å². The first kappa shape index (κ1) is 29.6. The highest BCUT2D eigenvalue weighted by Crippen LogP contribution is 2.37. The maximum atomic E-state index is 14.4. The standard InChI is InChI=1S/C34H30ClN3O5S/c1-5-42-24-16-12-22(13-17-24)29-27(33(41)43-19(2)3)20(4)36-34-38(29)32(40)30(44-34)28-25-8-6-7-9-26(25)37(31(28)39)18-21-10-14-23(35)15-11-21/h6-17,19,29H,5,18H2,1-4H3/b30-28-/t29-/m0/s1. The number of fused-ring (bicyclic) bond motifs is 2. The van der Waals surface area contributed by atoms with Crippen LogP contribution in [0.1, 0.15) is 50.4 Å². The van der Waals surface area contributed by atoms with Gasteiger partial charge in [-0.25, -0.2) is 9.79 Å². The fourth-order valence-corrected chi connectivity index (χ4v) is 6.83. The van der Waals surface area contributed by atoms with Crippen LogP contribution in [0.15, 0.2) is 93.9 Å². The lowest BCUT2D eigenvalue weighted by Crippen LogP contribution is -2.41. The highest BCUT2D eigenvalue weighted by molar-refractivity contribution is 7.07. The predicted molar refractivity (Wildman–Crippen MR) is 171 cm³/mol. The van der Waals surface area contributed by atoms with Gasteiger partial charge in [-0.2, -0.15) is 0 Å². The zero-order valence-corrected chi connectivity index (χ0v) is 26.2. The summed E-state index contributed by atoms with van der Waals surface area (Å²) >= 11 is 7.23. The molecule has 4 aromatic rings. The van der Waals surface area contributed by atoms with Gasteiger partial charge in [0, 0.05) is 10.6 Å². The molecule has 0 saturated heterocycles. The van der Waals surface area contributed by atoms with Gasteiger partial charge in [-0.3, -0.25) is 14.2 Å². The van der Waals surface area contributed by atoms with Crippen LogP contribution < -0.4 is 24.5 Å². The topological polar surface area (TPSA) is 90.2 Å². The van der Waals surface area contributed by atoms with E-state index in [0.29, 0.717) is 56.8 Å². The molecule has 3 heterocycles. The van der Waals surface area contributed by atoms with Gasteiger partial charge in [0.25, 0.3) is 11.5 Å². The highest BCUT2D eigenvalue weighted by Gasteiger charge is 2.37. The number of carbonyl (C=O) groups is 2. The molecule has 8 nitrogen and oxygen atoms in total. The van der Waals surface area contributed by atoms with Crippen molar-refractivity contribution < 1.29 is 19.1 Å². The average molecular weight is 628 g/mol. The Morgan fingerprint density at radius 1 is 1.02 bits per heavy atom. The van der Waals surface area contributed by atoms with Gasteiger partial charge in [-0.1, -0.05) is 65.4 Å². The molecular weight excluding hydrogens is 598 g/mol. The molecule has 0 bridgehead atoms. The monoisotopic (exact) mass is 627 g/mol. The van der Waals surface area contributed by atoms with Crippen molar-refractivity contribution in [1.29, 1.82) is 0 Å². The third kappa shape index (κ3) is 5.27. The van der Waals surface area contributed by atoms with Crippen molar-refractivity contribution in [3.05, 3.63) is 125 Å². The first-order chi connectivity index (χ1) is 21.2. The quantitative estimate of drug-likeness (QED) is 0.264. The Kier molecular flexibility index (Phi) is 8.00. The Hall–Kier alpha value is -4.47. The minimum Gasteiger partial charge on any atom is -0.494 e. The fraction of sp³-hybridized carbons (Fsp3) is 0.235. The summed E-state index contributed by atoms with van der Waals surface area (Å²) in [5.41, 5.74) is 3.62. The van der Waals surface area contributed by atoms with E-state index in [2.05, 4.69) is 0 Å². The number of ether oxygens (including phenoxy) is 2. The van der Waals surface area contributed by atoms with Crippen molar-refractivity contribution in [3.63, 3.8) is 0 Å². The SMILES string of the molecule is CCOc1ccc([C@H]2C(C(=O)OC(C)C)=C(C)N=c3s/c(=C4\C(=O)N(Cc5ccc(Cl)cc5)c5ccccc54)c(=O)n32)cc1. The average Bonchev–Trinajstić information content (AvgIpc) is 3.45. The Morgan fingerprint density at radius 2 is 1.73 bits per heavy atom. The number of hydrogen-bond acceptors (Lipinski definition) is 7. The number of nitrogens with zero attached hydrogens (tertiary/aromatic N) is 3. The van der Waals surface area contributed by atoms with E-state index >= 15 is 0 Å². The van der Waals surface area contributed by atoms with Crippen molar-refractivity contribution in [2.45, 2.75) is 46.4 Å². The number of benzene rings is 3. The number of carbonyl (C=O) groups excluding carboxylic acids is 2. The lowest BCUT2D eigenvalue weighted by Gasteiger charge is -2.25. The molecule has 44 heavy (non-hydrogen) atoms. The molecule has 2 aliphatic rings. The van der Waals surface area contributed by atoms with E-state index in [4.69, 9.17) is 26.1 Å². The van der Waals surface area contributed by atoms with E-state index in [0.717, 1.165) is 16.9 Å². The highest BCUT2D eigenvalue weighted by atomic mass is 35.5. The van der Waals surface area contributed by atoms with Gasteiger partial charge in [-0.05, 0) is 69.2 Å². The molecule has 1 atom stereocenters. The molecule has 2 aliphatic heterocycles. The predicted octanol–water partition coefficient (Wildman–Crippen LogP) is 5.16. The van der Waals surface area contributed by atoms with E-state index in [-0.39, 0.29) is 22.1 Å². The number of anilines is 1. The van der Waals surface area contributed by atoms with Gasteiger partial charge >= 0.3 is 5.97 Å². The summed E-state index contributed by atoms with van der Waals surface area (Å²) in [5.74, 6) is -0.152. The largest absolute Gasteiger partial charge is 0.494 e. The number of amides is 1. The molecular formula is C34H30ClN3O5S. The summed E-state index contributed by atoms with van der Waals surface area (Å²) in [5, 5.41) is 0.609. The summed E-state index contributed by atoms with van der Waals surface area (Å²) in [6, 6.07) is 21.2. The fourth-order valence-electron chi connectivity index (χ4n) is 5.57. The molecule has 0 unspecified atom stereocenters. The Balaban J connectivity index is 1.54. The maximum absolute atomic E-state index is 14.4. The normalized spacial score (nSPS) is 17.0. The van der Waals surface area contributed by atoms with E-state index in [9.17, 15) is 14.4 Å². The molecule has 1 aromatic heterocycles. The molecule has 0 fully saturated rings. The zero-order valence-electron chi connectivity index (χ0n) is 24.7. The van der Waals surface area contributed by atoms with Crippen LogP contribution in [0.2, 0.25) is 5.02 Å². The Morgan fingerprint density at radius 3 is 2.41 bits per heavy atom. The first-order valence-electron chi connectivity index (χ1n) is 14.3. The van der Waals surface area contributed by atoms with Crippen molar-refractivity contribution in [2.24, 2.45) is 4.99 Å². The van der Waals surface area contributed by atoms with Crippen LogP contribution in [0.3, 0.4) is 0 Å². The van der Waals surface area contributed by atoms with Crippen molar-refractivity contribution in [3.8, 4) is 5.75 Å². The van der Waals surface area contributed by atoms with Crippen LogP contribution in [0.4, 0.5) is 5.69 Å². The van der Waals surface area contributed by atoms with Gasteiger partial charge in [0.1, 0.15) is 10.3 Å². The lowest BCUT2D eigenvalue weighted by atomic mass is 9.95. The molecule has 0 saturated carbocycles. The maximum Gasteiger partial charge on any atom is 0.338 e. The summed E-state index contributed by atoms with van der Waals surface area (Å²) in [6.45, 7) is 8.01. The summed E-state index contributed by atoms with van der Waals surface area (Å²) < 4.78 is 13.0. The smallest absolute Gasteiger partial charge is 0.338 e. The number of esters is 1. The van der Waals surface area contributed by atoms with E-state index < -0.39 is 17.6 Å². The van der Waals surface area contributed by atoms with E-state index in [1.165, 1.54) is 4.57 Å². The van der Waals surface area contributed by atoms with E-state index in [1.807, 2.05) is 67.6 Å². The minimum absolute atomic E-state index is 0.266. The number of aromatic nitrogens is 1. The van der Waals surface area contributed by atoms with Gasteiger partial charge in [0.2, 0.25) is 0 Å². The Labute approximate surface area is 263 Å². The van der Waals surface area contributed by atoms with Gasteiger partial charge < -0.3 is 14.4 Å². The third-order valence-corrected chi connectivity index (χ3v) is 8.78. The molecule has 0 radical (unpaired) electrons. The number of para-hydroxylation sites is 1. The third-order valence-electron chi connectivity index (χ3n) is 7.47. The summed E-state index contributed by atoms with van der Waals surface area (Å²) in [4.78, 5) is 48.7. The molecule has 10 heteroatoms. The number of hydrogen-bond donors (Lipinski definition) is 0. The summed E-state index contributed by atoms with van der Waals surface area (Å²) in [7, 11) is 0. The van der Waals surface area contributed by atoms with Crippen LogP contribution in [0.25, 0.3) is 5.57 Å². The van der Waals surface area contributed by atoms with Crippen molar-refractivity contribution in [2.75, 3.05) is 11.5 Å². The number of halogens is 1. The minimum atomic E-state index is -0.806. The molecule has 0 spiro atoms. The molecule has 0 aliphatic carbocycles. The number of thiazole rings is 1. The van der Waals surface area contributed by atoms with Crippen LogP contribution in [-0.2, 0) is 20.9 Å². The lowest BCUT2D eigenvalue weighted by molar-refractivity contribution is -0.143. The van der Waals surface area contributed by atoms with Gasteiger partial charge in [0.15, 0.2) is 4.80 Å².